The number of carbonyl (C=O) groups excluding carboxylic acids is 1. The maximum atomic E-state index is 13.2. The molecule has 2 aromatic rings. The van der Waals surface area contributed by atoms with Gasteiger partial charge in [-0.1, -0.05) is 11.6 Å². The highest BCUT2D eigenvalue weighted by Crippen LogP contribution is 2.21. The number of nitrogens with zero attached hydrogens (tertiary/aromatic N) is 2. The molecule has 7 heteroatoms. The van der Waals surface area contributed by atoms with Crippen LogP contribution in [0.3, 0.4) is 0 Å². The van der Waals surface area contributed by atoms with Crippen LogP contribution in [0, 0.1) is 5.82 Å². The van der Waals surface area contributed by atoms with E-state index in [1.165, 1.54) is 37.7 Å². The summed E-state index contributed by atoms with van der Waals surface area (Å²) in [5.74, 6) is -0.940. The van der Waals surface area contributed by atoms with Gasteiger partial charge in [0.2, 0.25) is 0 Å². The molecule has 0 atom stereocenters. The molecule has 1 N–H and O–H groups in total. The van der Waals surface area contributed by atoms with Crippen LogP contribution in [-0.4, -0.2) is 23.0 Å². The summed E-state index contributed by atoms with van der Waals surface area (Å²) in [7, 11) is 1.34. The molecule has 1 aromatic heterocycles. The van der Waals surface area contributed by atoms with Gasteiger partial charge in [-0.3, -0.25) is 4.79 Å². The molecule has 0 saturated carbocycles. The second-order valence-electron chi connectivity index (χ2n) is 3.53. The summed E-state index contributed by atoms with van der Waals surface area (Å²) in [6, 6.07) is 3.98. The zero-order valence-corrected chi connectivity index (χ0v) is 10.6. The SMILES string of the molecule is COc1cc(NC(=O)c2cnc(Cl)cn2)ccc1F. The number of rotatable bonds is 3. The maximum absolute atomic E-state index is 13.2. The van der Waals surface area contributed by atoms with Gasteiger partial charge in [0.15, 0.2) is 11.6 Å². The van der Waals surface area contributed by atoms with E-state index in [1.807, 2.05) is 0 Å². The number of benzene rings is 1. The first-order chi connectivity index (χ1) is 9.10. The van der Waals surface area contributed by atoms with Crippen molar-refractivity contribution >= 4 is 23.2 Å². The fraction of sp³-hybridized carbons (Fsp3) is 0.0833. The standard InChI is InChI=1S/C12H9ClFN3O2/c1-19-10-4-7(2-3-8(10)14)17-12(18)9-5-16-11(13)6-15-9/h2-6H,1H3,(H,17,18). The van der Waals surface area contributed by atoms with Crippen molar-refractivity contribution in [2.75, 3.05) is 12.4 Å². The van der Waals surface area contributed by atoms with Crippen molar-refractivity contribution in [3.05, 3.63) is 47.3 Å². The highest BCUT2D eigenvalue weighted by atomic mass is 35.5. The van der Waals surface area contributed by atoms with E-state index in [1.54, 1.807) is 0 Å². The third kappa shape index (κ3) is 3.17. The molecule has 0 aliphatic carbocycles. The molecule has 5 nitrogen and oxygen atoms in total. The Hall–Kier alpha value is -2.21. The van der Waals surface area contributed by atoms with Gasteiger partial charge >= 0.3 is 0 Å². The number of nitrogens with one attached hydrogen (secondary N) is 1. The fourth-order valence-corrected chi connectivity index (χ4v) is 1.46. The predicted molar refractivity (Wildman–Crippen MR) is 67.9 cm³/mol. The fourth-order valence-electron chi connectivity index (χ4n) is 1.36. The van der Waals surface area contributed by atoms with Gasteiger partial charge in [0, 0.05) is 11.8 Å². The summed E-state index contributed by atoms with van der Waals surface area (Å²) in [6.07, 6.45) is 2.51. The second-order valence-corrected chi connectivity index (χ2v) is 3.92. The van der Waals surface area contributed by atoms with Crippen molar-refractivity contribution < 1.29 is 13.9 Å². The average Bonchev–Trinajstić information content (AvgIpc) is 2.41. The highest BCUT2D eigenvalue weighted by Gasteiger charge is 2.10. The smallest absolute Gasteiger partial charge is 0.275 e. The predicted octanol–water partition coefficient (Wildman–Crippen LogP) is 2.53. The van der Waals surface area contributed by atoms with E-state index >= 15 is 0 Å². The van der Waals surface area contributed by atoms with Crippen molar-refractivity contribution in [3.63, 3.8) is 0 Å². The summed E-state index contributed by atoms with van der Waals surface area (Å²) in [6.45, 7) is 0. The Morgan fingerprint density at radius 1 is 1.37 bits per heavy atom. The van der Waals surface area contributed by atoms with Crippen molar-refractivity contribution in [3.8, 4) is 5.75 Å². The first-order valence-electron chi connectivity index (χ1n) is 5.22. The van der Waals surface area contributed by atoms with Gasteiger partial charge in [-0.2, -0.15) is 0 Å². The number of hydrogen-bond donors (Lipinski definition) is 1. The Labute approximate surface area is 113 Å². The summed E-state index contributed by atoms with van der Waals surface area (Å²) >= 11 is 5.57. The maximum Gasteiger partial charge on any atom is 0.275 e. The lowest BCUT2D eigenvalue weighted by Gasteiger charge is -2.07. The molecule has 1 amide bonds. The lowest BCUT2D eigenvalue weighted by atomic mass is 10.2. The van der Waals surface area contributed by atoms with Crippen molar-refractivity contribution in [2.24, 2.45) is 0 Å². The van der Waals surface area contributed by atoms with E-state index in [2.05, 4.69) is 15.3 Å². The molecule has 0 fully saturated rings. The lowest BCUT2D eigenvalue weighted by molar-refractivity contribution is 0.102. The average molecular weight is 282 g/mol. The van der Waals surface area contributed by atoms with Crippen LogP contribution < -0.4 is 10.1 Å². The topological polar surface area (TPSA) is 64.1 Å². The zero-order chi connectivity index (χ0) is 13.8. The molecule has 0 saturated heterocycles. The second kappa shape index (κ2) is 5.62. The zero-order valence-electron chi connectivity index (χ0n) is 9.85. The molecular formula is C12H9ClFN3O2. The van der Waals surface area contributed by atoms with Gasteiger partial charge < -0.3 is 10.1 Å². The van der Waals surface area contributed by atoms with E-state index < -0.39 is 11.7 Å². The van der Waals surface area contributed by atoms with Crippen LogP contribution in [0.5, 0.6) is 5.75 Å². The minimum Gasteiger partial charge on any atom is -0.494 e. The number of methoxy groups -OCH3 is 1. The molecule has 0 unspecified atom stereocenters. The first kappa shape index (κ1) is 13.2. The van der Waals surface area contributed by atoms with Crippen molar-refractivity contribution in [1.29, 1.82) is 0 Å². The molecule has 19 heavy (non-hydrogen) atoms. The van der Waals surface area contributed by atoms with Gasteiger partial charge in [-0.15, -0.1) is 0 Å². The normalized spacial score (nSPS) is 10.1. The molecule has 0 radical (unpaired) electrons. The molecular weight excluding hydrogens is 273 g/mol. The third-order valence-corrected chi connectivity index (χ3v) is 2.46. The Balaban J connectivity index is 2.17. The van der Waals surface area contributed by atoms with Crippen LogP contribution in [0.4, 0.5) is 10.1 Å². The van der Waals surface area contributed by atoms with Crippen LogP contribution in [0.25, 0.3) is 0 Å². The summed E-state index contributed by atoms with van der Waals surface area (Å²) in [4.78, 5) is 19.4. The van der Waals surface area contributed by atoms with E-state index in [-0.39, 0.29) is 16.6 Å². The monoisotopic (exact) mass is 281 g/mol. The van der Waals surface area contributed by atoms with Gasteiger partial charge in [-0.25, -0.2) is 14.4 Å². The van der Waals surface area contributed by atoms with Crippen LogP contribution in [0.2, 0.25) is 5.15 Å². The quantitative estimate of drug-likeness (QED) is 0.939. The third-order valence-electron chi connectivity index (χ3n) is 2.26. The van der Waals surface area contributed by atoms with Gasteiger partial charge in [0.25, 0.3) is 5.91 Å². The van der Waals surface area contributed by atoms with Crippen LogP contribution >= 0.6 is 11.6 Å². The van der Waals surface area contributed by atoms with Crippen molar-refractivity contribution in [1.82, 2.24) is 9.97 Å². The van der Waals surface area contributed by atoms with Crippen molar-refractivity contribution in [2.45, 2.75) is 0 Å². The minimum atomic E-state index is -0.508. The van der Waals surface area contributed by atoms with Crippen LogP contribution in [0.15, 0.2) is 30.6 Å². The van der Waals surface area contributed by atoms with Crippen LogP contribution in [0.1, 0.15) is 10.5 Å². The van der Waals surface area contributed by atoms with E-state index in [9.17, 15) is 9.18 Å². The van der Waals surface area contributed by atoms with E-state index in [0.717, 1.165) is 0 Å². The first-order valence-corrected chi connectivity index (χ1v) is 5.60. The Morgan fingerprint density at radius 2 is 2.16 bits per heavy atom. The molecule has 2 rings (SSSR count). The Bertz CT molecular complexity index is 604. The lowest BCUT2D eigenvalue weighted by Crippen LogP contribution is -2.14. The number of halogens is 2. The summed E-state index contributed by atoms with van der Waals surface area (Å²) in [5, 5.41) is 2.74. The van der Waals surface area contributed by atoms with Gasteiger partial charge in [-0.05, 0) is 12.1 Å². The molecule has 0 spiro atoms. The van der Waals surface area contributed by atoms with Gasteiger partial charge in [0.05, 0.1) is 19.5 Å². The molecule has 0 bridgehead atoms. The number of amides is 1. The summed E-state index contributed by atoms with van der Waals surface area (Å²) < 4.78 is 18.0. The Kier molecular flexibility index (Phi) is 3.91. The number of hydrogen-bond acceptors (Lipinski definition) is 4. The molecule has 0 aliphatic heterocycles. The Morgan fingerprint density at radius 3 is 2.79 bits per heavy atom. The number of aromatic nitrogens is 2. The minimum absolute atomic E-state index is 0.0417. The number of ether oxygens (including phenoxy) is 1. The molecule has 98 valence electrons. The largest absolute Gasteiger partial charge is 0.494 e. The highest BCUT2D eigenvalue weighted by molar-refractivity contribution is 6.29. The molecule has 1 aromatic carbocycles. The van der Waals surface area contributed by atoms with Crippen LogP contribution in [-0.2, 0) is 0 Å². The number of anilines is 1. The molecule has 1 heterocycles. The number of carbonyl (C=O) groups is 1. The van der Waals surface area contributed by atoms with Gasteiger partial charge in [0.1, 0.15) is 10.8 Å². The van der Waals surface area contributed by atoms with E-state index in [4.69, 9.17) is 16.3 Å². The molecule has 0 aliphatic rings. The summed E-state index contributed by atoms with van der Waals surface area (Å²) in [5.41, 5.74) is 0.493. The van der Waals surface area contributed by atoms with E-state index in [0.29, 0.717) is 5.69 Å².